The van der Waals surface area contributed by atoms with Crippen LogP contribution >= 0.6 is 11.6 Å². The van der Waals surface area contributed by atoms with Crippen LogP contribution in [0.1, 0.15) is 13.3 Å². The topological polar surface area (TPSA) is 43.4 Å². The Bertz CT molecular complexity index is 175. The van der Waals surface area contributed by atoms with E-state index in [1.165, 1.54) is 0 Å². The van der Waals surface area contributed by atoms with Crippen LogP contribution in [0.15, 0.2) is 12.2 Å². The second-order valence-corrected chi connectivity index (χ2v) is 2.18. The third-order valence-corrected chi connectivity index (χ3v) is 0.925. The lowest BCUT2D eigenvalue weighted by Crippen LogP contribution is -2.01. The molecule has 0 radical (unpaired) electrons. The fraction of sp³-hybridized carbons (Fsp3) is 0.429. The lowest BCUT2D eigenvalue weighted by Gasteiger charge is -1.95. The van der Waals surface area contributed by atoms with Crippen molar-refractivity contribution >= 4 is 22.8 Å². The molecule has 3 nitrogen and oxygen atoms in total. The Morgan fingerprint density at radius 2 is 2.09 bits per heavy atom. The summed E-state index contributed by atoms with van der Waals surface area (Å²) in [5.74, 6) is -0.541. The van der Waals surface area contributed by atoms with Gasteiger partial charge < -0.3 is 4.74 Å². The Balaban J connectivity index is 3.60. The number of halogens is 1. The van der Waals surface area contributed by atoms with E-state index in [9.17, 15) is 9.59 Å². The van der Waals surface area contributed by atoms with Gasteiger partial charge in [0, 0.05) is 12.2 Å². The lowest BCUT2D eigenvalue weighted by atomic mass is 10.5. The van der Waals surface area contributed by atoms with Crippen LogP contribution in [0.3, 0.4) is 0 Å². The predicted molar refractivity (Wildman–Crippen MR) is 41.3 cm³/mol. The molecule has 0 bridgehead atoms. The van der Waals surface area contributed by atoms with Crippen LogP contribution < -0.4 is 0 Å². The normalized spacial score (nSPS) is 10.0. The van der Waals surface area contributed by atoms with Crippen molar-refractivity contribution < 1.29 is 14.3 Å². The van der Waals surface area contributed by atoms with Crippen molar-refractivity contribution in [1.82, 2.24) is 0 Å². The van der Waals surface area contributed by atoms with Crippen LogP contribution in [0.5, 0.6) is 0 Å². The summed E-state index contributed by atoms with van der Waals surface area (Å²) in [7, 11) is 0. The van der Waals surface area contributed by atoms with E-state index >= 15 is 0 Å². The molecule has 0 saturated carbocycles. The number of esters is 1. The van der Waals surface area contributed by atoms with Crippen molar-refractivity contribution in [2.24, 2.45) is 0 Å². The van der Waals surface area contributed by atoms with E-state index in [1.807, 2.05) is 6.92 Å². The first-order valence-corrected chi connectivity index (χ1v) is 3.59. The zero-order chi connectivity index (χ0) is 8.69. The third-order valence-electron chi connectivity index (χ3n) is 0.799. The molecule has 0 aliphatic rings. The molecule has 0 aromatic heterocycles. The largest absolute Gasteiger partial charge is 0.463 e. The second-order valence-electron chi connectivity index (χ2n) is 1.80. The van der Waals surface area contributed by atoms with Crippen LogP contribution in [0.4, 0.5) is 0 Å². The van der Waals surface area contributed by atoms with Crippen molar-refractivity contribution in [2.45, 2.75) is 13.3 Å². The van der Waals surface area contributed by atoms with Crippen molar-refractivity contribution in [3.63, 3.8) is 0 Å². The summed E-state index contributed by atoms with van der Waals surface area (Å²) in [5.41, 5.74) is 0. The smallest absolute Gasteiger partial charge is 0.330 e. The third kappa shape index (κ3) is 7.06. The fourth-order valence-corrected chi connectivity index (χ4v) is 0.447. The molecule has 0 aromatic carbocycles. The molecule has 0 unspecified atom stereocenters. The highest BCUT2D eigenvalue weighted by atomic mass is 35.5. The van der Waals surface area contributed by atoms with E-state index in [1.54, 1.807) is 0 Å². The molecule has 0 amide bonds. The van der Waals surface area contributed by atoms with Crippen LogP contribution in [-0.4, -0.2) is 17.8 Å². The van der Waals surface area contributed by atoms with E-state index in [0.29, 0.717) is 6.61 Å². The van der Waals surface area contributed by atoms with Crippen molar-refractivity contribution in [3.05, 3.63) is 12.2 Å². The molecule has 0 fully saturated rings. The van der Waals surface area contributed by atoms with E-state index in [2.05, 4.69) is 4.74 Å². The van der Waals surface area contributed by atoms with Gasteiger partial charge in [-0.3, -0.25) is 4.79 Å². The maximum atomic E-state index is 10.6. The first-order chi connectivity index (χ1) is 5.16. The van der Waals surface area contributed by atoms with Gasteiger partial charge in [0.15, 0.2) is 0 Å². The van der Waals surface area contributed by atoms with Crippen LogP contribution in [-0.2, 0) is 14.3 Å². The maximum absolute atomic E-state index is 10.6. The predicted octanol–water partition coefficient (Wildman–Crippen LogP) is 1.26. The van der Waals surface area contributed by atoms with Gasteiger partial charge in [-0.2, -0.15) is 0 Å². The molecule has 0 heterocycles. The Morgan fingerprint density at radius 3 is 2.55 bits per heavy atom. The number of rotatable bonds is 4. The molecule has 0 aliphatic heterocycles. The summed E-state index contributed by atoms with van der Waals surface area (Å²) in [6.07, 6.45) is 2.72. The molecular weight excluding hydrogens is 168 g/mol. The fourth-order valence-electron chi connectivity index (χ4n) is 0.384. The molecule has 0 rings (SSSR count). The van der Waals surface area contributed by atoms with Crippen molar-refractivity contribution in [3.8, 4) is 0 Å². The molecule has 0 atom stereocenters. The molecule has 0 aliphatic carbocycles. The molecule has 11 heavy (non-hydrogen) atoms. The van der Waals surface area contributed by atoms with Gasteiger partial charge in [-0.25, -0.2) is 4.79 Å². The number of carbonyl (C=O) groups excluding carboxylic acids is 2. The molecule has 0 N–H and O–H groups in total. The van der Waals surface area contributed by atoms with Gasteiger partial charge in [-0.05, 0) is 18.0 Å². The molecule has 0 aromatic rings. The van der Waals surface area contributed by atoms with Crippen LogP contribution in [0.25, 0.3) is 0 Å². The number of hydrogen-bond donors (Lipinski definition) is 0. The van der Waals surface area contributed by atoms with Gasteiger partial charge in [-0.1, -0.05) is 6.92 Å². The standard InChI is InChI=1S/C7H9ClO3/c1-2-5-11-7(10)4-3-6(8)9/h3-4H,2,5H2,1H3/b4-3+. The average molecular weight is 177 g/mol. The number of ether oxygens (including phenoxy) is 1. The van der Waals surface area contributed by atoms with Crippen LogP contribution in [0.2, 0.25) is 0 Å². The number of allylic oxidation sites excluding steroid dienone is 1. The summed E-state index contributed by atoms with van der Waals surface area (Å²) in [6, 6.07) is 0. The summed E-state index contributed by atoms with van der Waals surface area (Å²) < 4.78 is 4.60. The highest BCUT2D eigenvalue weighted by Gasteiger charge is 1.95. The van der Waals surface area contributed by atoms with Gasteiger partial charge in [0.2, 0.25) is 5.24 Å². The Hall–Kier alpha value is -0.830. The van der Waals surface area contributed by atoms with E-state index < -0.39 is 11.2 Å². The van der Waals surface area contributed by atoms with Gasteiger partial charge >= 0.3 is 5.97 Å². The van der Waals surface area contributed by atoms with Gasteiger partial charge in [0.05, 0.1) is 6.61 Å². The average Bonchev–Trinajstić information content (AvgIpc) is 1.97. The Morgan fingerprint density at radius 1 is 1.45 bits per heavy atom. The van der Waals surface area contributed by atoms with Gasteiger partial charge in [-0.15, -0.1) is 0 Å². The van der Waals surface area contributed by atoms with E-state index in [-0.39, 0.29) is 0 Å². The van der Waals surface area contributed by atoms with Gasteiger partial charge in [0.25, 0.3) is 0 Å². The highest BCUT2D eigenvalue weighted by Crippen LogP contribution is 1.87. The van der Waals surface area contributed by atoms with E-state index in [4.69, 9.17) is 11.6 Å². The minimum Gasteiger partial charge on any atom is -0.463 e. The summed E-state index contributed by atoms with van der Waals surface area (Å²) in [4.78, 5) is 20.7. The monoisotopic (exact) mass is 176 g/mol. The Kier molecular flexibility index (Phi) is 5.47. The maximum Gasteiger partial charge on any atom is 0.330 e. The van der Waals surface area contributed by atoms with E-state index in [0.717, 1.165) is 18.6 Å². The number of carbonyl (C=O) groups is 2. The summed E-state index contributed by atoms with van der Waals surface area (Å²) in [5, 5.41) is -0.682. The molecule has 0 saturated heterocycles. The lowest BCUT2D eigenvalue weighted by molar-refractivity contribution is -0.137. The number of hydrogen-bond acceptors (Lipinski definition) is 3. The zero-order valence-corrected chi connectivity index (χ0v) is 6.93. The van der Waals surface area contributed by atoms with Crippen molar-refractivity contribution in [1.29, 1.82) is 0 Å². The van der Waals surface area contributed by atoms with Crippen molar-refractivity contribution in [2.75, 3.05) is 6.61 Å². The Labute approximate surface area is 70.0 Å². The quantitative estimate of drug-likeness (QED) is 0.368. The molecule has 0 spiro atoms. The zero-order valence-electron chi connectivity index (χ0n) is 6.17. The van der Waals surface area contributed by atoms with Gasteiger partial charge in [0.1, 0.15) is 0 Å². The summed E-state index contributed by atoms with van der Waals surface area (Å²) >= 11 is 4.92. The summed E-state index contributed by atoms with van der Waals surface area (Å²) in [6.45, 7) is 2.24. The first kappa shape index (κ1) is 10.2. The molecular formula is C7H9ClO3. The molecule has 62 valence electrons. The highest BCUT2D eigenvalue weighted by molar-refractivity contribution is 6.66. The molecule has 4 heteroatoms. The SMILES string of the molecule is CCCOC(=O)/C=C/C(=O)Cl. The minimum absolute atomic E-state index is 0.361. The van der Waals surface area contributed by atoms with Crippen LogP contribution in [0, 0.1) is 0 Å². The minimum atomic E-state index is -0.682. The second kappa shape index (κ2) is 5.92. The first-order valence-electron chi connectivity index (χ1n) is 3.21.